The molecule has 0 amide bonds. The summed E-state index contributed by atoms with van der Waals surface area (Å²) in [5.74, 6) is 1.53. The number of aryl methyl sites for hydroxylation is 3. The van der Waals surface area contributed by atoms with Gasteiger partial charge in [-0.15, -0.1) is 0 Å². The first-order valence-corrected chi connectivity index (χ1v) is 6.91. The quantitative estimate of drug-likeness (QED) is 0.782. The molecule has 0 saturated carbocycles. The fourth-order valence-electron chi connectivity index (χ4n) is 2.82. The summed E-state index contributed by atoms with van der Waals surface area (Å²) in [5.41, 5.74) is 12.5. The van der Waals surface area contributed by atoms with E-state index in [1.54, 1.807) is 7.11 Å². The number of fused-ring (bicyclic) bond motifs is 1. The van der Waals surface area contributed by atoms with Gasteiger partial charge in [-0.2, -0.15) is 0 Å². The minimum absolute atomic E-state index is 0.671. The van der Waals surface area contributed by atoms with Crippen LogP contribution in [0.3, 0.4) is 0 Å². The van der Waals surface area contributed by atoms with E-state index in [0.29, 0.717) is 5.82 Å². The molecule has 4 heteroatoms. The van der Waals surface area contributed by atoms with Crippen LogP contribution in [0.2, 0.25) is 0 Å². The highest BCUT2D eigenvalue weighted by atomic mass is 16.5. The van der Waals surface area contributed by atoms with Gasteiger partial charge in [-0.1, -0.05) is 6.07 Å². The summed E-state index contributed by atoms with van der Waals surface area (Å²) in [6.07, 6.45) is 1.95. The SMILES string of the molecule is COc1cc(C)c(-c2nc3c(C)cccn3c2N)c(C)c1. The smallest absolute Gasteiger partial charge is 0.142 e. The number of hydrogen-bond donors (Lipinski definition) is 1. The van der Waals surface area contributed by atoms with Gasteiger partial charge in [-0.3, -0.25) is 4.40 Å². The number of anilines is 1. The average molecular weight is 281 g/mol. The minimum Gasteiger partial charge on any atom is -0.497 e. The van der Waals surface area contributed by atoms with Crippen LogP contribution in [0.4, 0.5) is 5.82 Å². The molecule has 2 heterocycles. The van der Waals surface area contributed by atoms with Crippen molar-refractivity contribution in [2.75, 3.05) is 12.8 Å². The number of benzene rings is 1. The maximum absolute atomic E-state index is 6.32. The minimum atomic E-state index is 0.671. The standard InChI is InChI=1S/C17H19N3O/c1-10-6-5-7-20-16(18)15(19-17(10)20)14-11(2)8-13(21-4)9-12(14)3/h5-9H,18H2,1-4H3. The molecule has 0 unspecified atom stereocenters. The van der Waals surface area contributed by atoms with E-state index in [2.05, 4.69) is 13.8 Å². The summed E-state index contributed by atoms with van der Waals surface area (Å²) in [6, 6.07) is 8.05. The summed E-state index contributed by atoms with van der Waals surface area (Å²) in [5, 5.41) is 0. The molecule has 21 heavy (non-hydrogen) atoms. The van der Waals surface area contributed by atoms with Gasteiger partial charge in [0.25, 0.3) is 0 Å². The summed E-state index contributed by atoms with van der Waals surface area (Å²) < 4.78 is 7.26. The summed E-state index contributed by atoms with van der Waals surface area (Å²) in [4.78, 5) is 4.76. The largest absolute Gasteiger partial charge is 0.497 e. The molecule has 0 aliphatic heterocycles. The Hall–Kier alpha value is -2.49. The summed E-state index contributed by atoms with van der Waals surface area (Å²) in [6.45, 7) is 6.15. The van der Waals surface area contributed by atoms with Gasteiger partial charge in [0.2, 0.25) is 0 Å². The molecule has 108 valence electrons. The number of aromatic nitrogens is 2. The number of nitrogens with two attached hydrogens (primary N) is 1. The fourth-order valence-corrected chi connectivity index (χ4v) is 2.82. The zero-order valence-corrected chi connectivity index (χ0v) is 12.8. The number of methoxy groups -OCH3 is 1. The van der Waals surface area contributed by atoms with E-state index in [9.17, 15) is 0 Å². The molecule has 3 aromatic rings. The Morgan fingerprint density at radius 3 is 2.33 bits per heavy atom. The van der Waals surface area contributed by atoms with Crippen LogP contribution in [-0.4, -0.2) is 16.5 Å². The molecule has 0 radical (unpaired) electrons. The molecule has 0 bridgehead atoms. The van der Waals surface area contributed by atoms with Crippen LogP contribution in [0.15, 0.2) is 30.5 Å². The van der Waals surface area contributed by atoms with Gasteiger partial charge < -0.3 is 10.5 Å². The van der Waals surface area contributed by atoms with Gasteiger partial charge in [0.05, 0.1) is 7.11 Å². The van der Waals surface area contributed by atoms with Crippen molar-refractivity contribution in [1.82, 2.24) is 9.38 Å². The molecule has 3 rings (SSSR count). The van der Waals surface area contributed by atoms with E-state index in [1.165, 1.54) is 0 Å². The second-order valence-electron chi connectivity index (χ2n) is 5.37. The normalized spacial score (nSPS) is 11.0. The predicted octanol–water partition coefficient (Wildman–Crippen LogP) is 3.52. The van der Waals surface area contributed by atoms with E-state index in [0.717, 1.165) is 39.3 Å². The molecule has 0 spiro atoms. The third-order valence-corrected chi connectivity index (χ3v) is 3.86. The van der Waals surface area contributed by atoms with Crippen molar-refractivity contribution in [3.05, 3.63) is 47.2 Å². The predicted molar refractivity (Wildman–Crippen MR) is 85.8 cm³/mol. The maximum Gasteiger partial charge on any atom is 0.142 e. The van der Waals surface area contributed by atoms with Crippen LogP contribution in [0.25, 0.3) is 16.9 Å². The van der Waals surface area contributed by atoms with Crippen LogP contribution in [0, 0.1) is 20.8 Å². The summed E-state index contributed by atoms with van der Waals surface area (Å²) in [7, 11) is 1.68. The van der Waals surface area contributed by atoms with E-state index in [1.807, 2.05) is 41.8 Å². The number of rotatable bonds is 2. The highest BCUT2D eigenvalue weighted by Crippen LogP contribution is 2.34. The Balaban J connectivity index is 2.31. The molecule has 0 aliphatic carbocycles. The molecule has 0 atom stereocenters. The lowest BCUT2D eigenvalue weighted by atomic mass is 9.99. The number of hydrogen-bond acceptors (Lipinski definition) is 3. The maximum atomic E-state index is 6.32. The van der Waals surface area contributed by atoms with Crippen molar-refractivity contribution < 1.29 is 4.74 Å². The number of ether oxygens (including phenoxy) is 1. The van der Waals surface area contributed by atoms with Crippen LogP contribution in [0.5, 0.6) is 5.75 Å². The third-order valence-electron chi connectivity index (χ3n) is 3.86. The first-order valence-electron chi connectivity index (χ1n) is 6.91. The molecule has 0 fully saturated rings. The van der Waals surface area contributed by atoms with Crippen LogP contribution in [0.1, 0.15) is 16.7 Å². The highest BCUT2D eigenvalue weighted by molar-refractivity contribution is 5.80. The van der Waals surface area contributed by atoms with Crippen LogP contribution < -0.4 is 10.5 Å². The first-order chi connectivity index (χ1) is 10.0. The molecule has 0 aliphatic rings. The van der Waals surface area contributed by atoms with Crippen LogP contribution >= 0.6 is 0 Å². The lowest BCUT2D eigenvalue weighted by molar-refractivity contribution is 0.414. The van der Waals surface area contributed by atoms with Gasteiger partial charge in [-0.25, -0.2) is 4.98 Å². The molecular formula is C17H19N3O. The molecule has 2 N–H and O–H groups in total. The van der Waals surface area contributed by atoms with Crippen molar-refractivity contribution >= 4 is 11.5 Å². The fraction of sp³-hybridized carbons (Fsp3) is 0.235. The first kappa shape index (κ1) is 13.5. The third kappa shape index (κ3) is 2.03. The average Bonchev–Trinajstić information content (AvgIpc) is 2.77. The number of imidazole rings is 1. The number of nitrogen functional groups attached to an aromatic ring is 1. The van der Waals surface area contributed by atoms with Crippen molar-refractivity contribution in [3.8, 4) is 17.0 Å². The Labute approximate surface area is 124 Å². The molecule has 1 aromatic carbocycles. The van der Waals surface area contributed by atoms with Crippen molar-refractivity contribution in [2.24, 2.45) is 0 Å². The van der Waals surface area contributed by atoms with E-state index >= 15 is 0 Å². The van der Waals surface area contributed by atoms with Gasteiger partial charge >= 0.3 is 0 Å². The second kappa shape index (κ2) is 4.81. The van der Waals surface area contributed by atoms with Gasteiger partial charge in [0.1, 0.15) is 22.9 Å². The lowest BCUT2D eigenvalue weighted by Gasteiger charge is -2.11. The van der Waals surface area contributed by atoms with Crippen LogP contribution in [-0.2, 0) is 0 Å². The Kier molecular flexibility index (Phi) is 3.09. The van der Waals surface area contributed by atoms with E-state index < -0.39 is 0 Å². The monoisotopic (exact) mass is 281 g/mol. The Morgan fingerprint density at radius 1 is 1.10 bits per heavy atom. The zero-order chi connectivity index (χ0) is 15.1. The number of pyridine rings is 1. The summed E-state index contributed by atoms with van der Waals surface area (Å²) >= 11 is 0. The Bertz CT molecular complexity index is 810. The zero-order valence-electron chi connectivity index (χ0n) is 12.8. The van der Waals surface area contributed by atoms with Crippen molar-refractivity contribution in [3.63, 3.8) is 0 Å². The van der Waals surface area contributed by atoms with Gasteiger partial charge in [-0.05, 0) is 55.7 Å². The Morgan fingerprint density at radius 2 is 1.76 bits per heavy atom. The molecular weight excluding hydrogens is 262 g/mol. The van der Waals surface area contributed by atoms with Gasteiger partial charge in [0, 0.05) is 11.8 Å². The molecule has 4 nitrogen and oxygen atoms in total. The molecule has 0 saturated heterocycles. The highest BCUT2D eigenvalue weighted by Gasteiger charge is 2.17. The van der Waals surface area contributed by atoms with E-state index in [-0.39, 0.29) is 0 Å². The topological polar surface area (TPSA) is 52.5 Å². The van der Waals surface area contributed by atoms with Gasteiger partial charge in [0.15, 0.2) is 0 Å². The van der Waals surface area contributed by atoms with E-state index in [4.69, 9.17) is 15.5 Å². The van der Waals surface area contributed by atoms with Crippen molar-refractivity contribution in [1.29, 1.82) is 0 Å². The second-order valence-corrected chi connectivity index (χ2v) is 5.37. The van der Waals surface area contributed by atoms with Crippen molar-refractivity contribution in [2.45, 2.75) is 20.8 Å². The lowest BCUT2D eigenvalue weighted by Crippen LogP contribution is -1.97. The number of nitrogens with zero attached hydrogens (tertiary/aromatic N) is 2. The molecule has 2 aromatic heterocycles.